The van der Waals surface area contributed by atoms with Crippen LogP contribution in [0.5, 0.6) is 0 Å². The van der Waals surface area contributed by atoms with Crippen molar-refractivity contribution in [2.24, 2.45) is 5.84 Å². The number of nitro groups is 1. The minimum atomic E-state index is -0.610. The first kappa shape index (κ1) is 17.6. The van der Waals surface area contributed by atoms with E-state index in [1.165, 1.54) is 16.7 Å². The van der Waals surface area contributed by atoms with E-state index >= 15 is 0 Å². The van der Waals surface area contributed by atoms with Gasteiger partial charge in [-0.2, -0.15) is 0 Å². The standard InChI is InChI=1S/C17H13ClN4O4/c1-9-15(16(23)20-19)11-4-2-3-5-14(11)21(9)17(24)12-8-10(22(25)26)6-7-13(12)18/h2-8H,19H2,1H3,(H,20,23). The summed E-state index contributed by atoms with van der Waals surface area (Å²) in [7, 11) is 0. The van der Waals surface area contributed by atoms with Crippen LogP contribution in [0.4, 0.5) is 5.69 Å². The van der Waals surface area contributed by atoms with Crippen LogP contribution in [0.1, 0.15) is 26.4 Å². The molecule has 3 rings (SSSR count). The number of nitrogens with one attached hydrogen (secondary N) is 1. The second-order valence-corrected chi connectivity index (χ2v) is 5.92. The summed E-state index contributed by atoms with van der Waals surface area (Å²) >= 11 is 6.09. The molecule has 8 nitrogen and oxygen atoms in total. The minimum Gasteiger partial charge on any atom is -0.290 e. The predicted octanol–water partition coefficient (Wildman–Crippen LogP) is 2.80. The first-order chi connectivity index (χ1) is 12.4. The number of nitrogens with zero attached hydrogens (tertiary/aromatic N) is 2. The average molecular weight is 373 g/mol. The lowest BCUT2D eigenvalue weighted by atomic mass is 10.1. The highest BCUT2D eigenvalue weighted by Crippen LogP contribution is 2.29. The molecule has 0 spiro atoms. The molecule has 9 heteroatoms. The Morgan fingerprint density at radius 2 is 1.92 bits per heavy atom. The molecular formula is C17H13ClN4O4. The van der Waals surface area contributed by atoms with Crippen LogP contribution in [-0.2, 0) is 0 Å². The number of para-hydroxylation sites is 1. The summed E-state index contributed by atoms with van der Waals surface area (Å²) in [6.45, 7) is 1.59. The van der Waals surface area contributed by atoms with Crippen molar-refractivity contribution in [1.82, 2.24) is 9.99 Å². The second-order valence-electron chi connectivity index (χ2n) is 5.51. The minimum absolute atomic E-state index is 0.0376. The van der Waals surface area contributed by atoms with Gasteiger partial charge >= 0.3 is 0 Å². The number of hydrogen-bond acceptors (Lipinski definition) is 5. The van der Waals surface area contributed by atoms with Crippen LogP contribution < -0.4 is 11.3 Å². The maximum absolute atomic E-state index is 13.1. The highest BCUT2D eigenvalue weighted by molar-refractivity contribution is 6.34. The number of carbonyl (C=O) groups excluding carboxylic acids is 2. The van der Waals surface area contributed by atoms with Gasteiger partial charge in [0, 0.05) is 23.2 Å². The Bertz CT molecular complexity index is 1070. The largest absolute Gasteiger partial charge is 0.290 e. The fraction of sp³-hybridized carbons (Fsp3) is 0.0588. The third-order valence-electron chi connectivity index (χ3n) is 4.06. The number of rotatable bonds is 3. The molecule has 3 aromatic rings. The number of hydrazine groups is 1. The Morgan fingerprint density at radius 3 is 2.58 bits per heavy atom. The zero-order valence-electron chi connectivity index (χ0n) is 13.5. The molecular weight excluding hydrogens is 360 g/mol. The van der Waals surface area contributed by atoms with Crippen molar-refractivity contribution in [1.29, 1.82) is 0 Å². The first-order valence-corrected chi connectivity index (χ1v) is 7.84. The molecule has 0 saturated heterocycles. The number of carbonyl (C=O) groups is 2. The molecule has 1 amide bonds. The topological polar surface area (TPSA) is 120 Å². The quantitative estimate of drug-likeness (QED) is 0.317. The molecule has 0 atom stereocenters. The van der Waals surface area contributed by atoms with Gasteiger partial charge in [0.1, 0.15) is 0 Å². The van der Waals surface area contributed by atoms with Gasteiger partial charge < -0.3 is 0 Å². The summed E-state index contributed by atoms with van der Waals surface area (Å²) in [6.07, 6.45) is 0. The normalized spacial score (nSPS) is 10.7. The van der Waals surface area contributed by atoms with Crippen molar-refractivity contribution in [2.45, 2.75) is 6.92 Å². The van der Waals surface area contributed by atoms with Crippen molar-refractivity contribution in [3.8, 4) is 0 Å². The van der Waals surface area contributed by atoms with Crippen LogP contribution in [0, 0.1) is 17.0 Å². The summed E-state index contributed by atoms with van der Waals surface area (Å²) in [5.74, 6) is 4.12. The fourth-order valence-corrected chi connectivity index (χ4v) is 3.10. The summed E-state index contributed by atoms with van der Waals surface area (Å²) in [5, 5.41) is 11.6. The summed E-state index contributed by atoms with van der Waals surface area (Å²) < 4.78 is 1.30. The Balaban J connectivity index is 2.28. The summed E-state index contributed by atoms with van der Waals surface area (Å²) in [4.78, 5) is 35.7. The lowest BCUT2D eigenvalue weighted by Gasteiger charge is -2.09. The van der Waals surface area contributed by atoms with E-state index in [1.807, 2.05) is 0 Å². The Morgan fingerprint density at radius 1 is 1.23 bits per heavy atom. The number of halogens is 1. The highest BCUT2D eigenvalue weighted by Gasteiger charge is 2.25. The molecule has 1 heterocycles. The SMILES string of the molecule is Cc1c(C(=O)NN)c2ccccc2n1C(=O)c1cc([N+](=O)[O-])ccc1Cl. The fourth-order valence-electron chi connectivity index (χ4n) is 2.90. The number of amides is 1. The zero-order chi connectivity index (χ0) is 19.0. The number of hydrogen-bond donors (Lipinski definition) is 2. The van der Waals surface area contributed by atoms with Gasteiger partial charge in [-0.3, -0.25) is 29.7 Å². The smallest absolute Gasteiger partial charge is 0.270 e. The number of aromatic nitrogens is 1. The lowest BCUT2D eigenvalue weighted by molar-refractivity contribution is -0.384. The third kappa shape index (κ3) is 2.71. The highest BCUT2D eigenvalue weighted by atomic mass is 35.5. The molecule has 2 aromatic carbocycles. The Hall–Kier alpha value is -3.23. The van der Waals surface area contributed by atoms with E-state index in [2.05, 4.69) is 5.43 Å². The van der Waals surface area contributed by atoms with E-state index in [9.17, 15) is 19.7 Å². The van der Waals surface area contributed by atoms with Crippen LogP contribution in [0.2, 0.25) is 5.02 Å². The molecule has 132 valence electrons. The van der Waals surface area contributed by atoms with Crippen LogP contribution in [0.3, 0.4) is 0 Å². The van der Waals surface area contributed by atoms with Crippen LogP contribution in [0.25, 0.3) is 10.9 Å². The van der Waals surface area contributed by atoms with Crippen LogP contribution in [-0.4, -0.2) is 21.3 Å². The maximum Gasteiger partial charge on any atom is 0.270 e. The first-order valence-electron chi connectivity index (χ1n) is 7.46. The van der Waals surface area contributed by atoms with E-state index in [1.54, 1.807) is 31.2 Å². The molecule has 0 aliphatic heterocycles. The van der Waals surface area contributed by atoms with E-state index in [0.717, 1.165) is 6.07 Å². The van der Waals surface area contributed by atoms with Crippen molar-refractivity contribution in [2.75, 3.05) is 0 Å². The monoisotopic (exact) mass is 372 g/mol. The molecule has 26 heavy (non-hydrogen) atoms. The molecule has 0 unspecified atom stereocenters. The predicted molar refractivity (Wildman–Crippen MR) is 96.2 cm³/mol. The van der Waals surface area contributed by atoms with Gasteiger partial charge in [0.2, 0.25) is 0 Å². The molecule has 0 saturated carbocycles. The second kappa shape index (κ2) is 6.58. The molecule has 3 N–H and O–H groups in total. The molecule has 0 fully saturated rings. The van der Waals surface area contributed by atoms with Crippen molar-refractivity contribution >= 4 is 40.0 Å². The van der Waals surface area contributed by atoms with Gasteiger partial charge in [-0.15, -0.1) is 0 Å². The van der Waals surface area contributed by atoms with Gasteiger partial charge in [0.15, 0.2) is 0 Å². The molecule has 0 bridgehead atoms. The third-order valence-corrected chi connectivity index (χ3v) is 4.39. The van der Waals surface area contributed by atoms with E-state index in [-0.39, 0.29) is 21.8 Å². The maximum atomic E-state index is 13.1. The summed E-state index contributed by atoms with van der Waals surface area (Å²) in [5.41, 5.74) is 2.83. The zero-order valence-corrected chi connectivity index (χ0v) is 14.3. The number of benzene rings is 2. The number of fused-ring (bicyclic) bond motifs is 1. The molecule has 0 aliphatic carbocycles. The van der Waals surface area contributed by atoms with Crippen LogP contribution in [0.15, 0.2) is 42.5 Å². The number of nitrogen functional groups attached to an aromatic ring is 1. The van der Waals surface area contributed by atoms with Crippen LogP contribution >= 0.6 is 11.6 Å². The van der Waals surface area contributed by atoms with Gasteiger partial charge in [0.05, 0.1) is 26.6 Å². The van der Waals surface area contributed by atoms with Crippen molar-refractivity contribution in [3.63, 3.8) is 0 Å². The number of nitro benzene ring substituents is 1. The average Bonchev–Trinajstić information content (AvgIpc) is 2.92. The van der Waals surface area contributed by atoms with Crippen molar-refractivity contribution < 1.29 is 14.5 Å². The summed E-state index contributed by atoms with van der Waals surface area (Å²) in [6, 6.07) is 10.4. The van der Waals surface area contributed by atoms with Gasteiger partial charge in [-0.25, -0.2) is 5.84 Å². The lowest BCUT2D eigenvalue weighted by Crippen LogP contribution is -2.30. The molecule has 0 radical (unpaired) electrons. The van der Waals surface area contributed by atoms with Gasteiger partial charge in [-0.1, -0.05) is 29.8 Å². The number of nitrogens with two attached hydrogens (primary N) is 1. The van der Waals surface area contributed by atoms with Gasteiger partial charge in [-0.05, 0) is 19.1 Å². The van der Waals surface area contributed by atoms with E-state index < -0.39 is 16.7 Å². The number of non-ortho nitro benzene ring substituents is 1. The van der Waals surface area contributed by atoms with Gasteiger partial charge in [0.25, 0.3) is 17.5 Å². The van der Waals surface area contributed by atoms with Crippen molar-refractivity contribution in [3.05, 3.63) is 74.4 Å². The molecule has 0 aliphatic rings. The van der Waals surface area contributed by atoms with E-state index in [0.29, 0.717) is 16.6 Å². The Labute approximate surface area is 152 Å². The van der Waals surface area contributed by atoms with E-state index in [4.69, 9.17) is 17.4 Å². The molecule has 1 aromatic heterocycles. The Kier molecular flexibility index (Phi) is 4.45.